The van der Waals surface area contributed by atoms with Crippen molar-refractivity contribution >= 4 is 23.7 Å². The first-order valence-electron chi connectivity index (χ1n) is 9.66. The largest absolute Gasteiger partial charge is 0.453 e. The minimum absolute atomic E-state index is 0.0316. The summed E-state index contributed by atoms with van der Waals surface area (Å²) in [5.41, 5.74) is 1.43. The van der Waals surface area contributed by atoms with Crippen molar-refractivity contribution in [3.63, 3.8) is 0 Å². The summed E-state index contributed by atoms with van der Waals surface area (Å²) in [6, 6.07) is 7.80. The Morgan fingerprint density at radius 3 is 2.61 bits per heavy atom. The number of hydrogen-bond donors (Lipinski definition) is 1. The minimum Gasteiger partial charge on any atom is -0.453 e. The lowest BCUT2D eigenvalue weighted by atomic mass is 10.1. The molecule has 1 aliphatic heterocycles. The molecular weight excluding hydrogens is 360 g/mol. The average Bonchev–Trinajstić information content (AvgIpc) is 2.92. The summed E-state index contributed by atoms with van der Waals surface area (Å²) in [7, 11) is 0. The van der Waals surface area contributed by atoms with Crippen LogP contribution in [0.1, 0.15) is 53.0 Å². The van der Waals surface area contributed by atoms with Crippen LogP contribution >= 0.6 is 0 Å². The number of alkyl carbamates (subject to hydrolysis) is 1. The SMILES string of the molecule is C[C@@H](OC(=O)CCCNC(=O)OC(C)(C)C)C(=O)N1c2ccccc2C[C@@H]1C. The molecule has 1 N–H and O–H groups in total. The highest BCUT2D eigenvalue weighted by Crippen LogP contribution is 2.32. The number of nitrogens with zero attached hydrogens (tertiary/aromatic N) is 1. The fraction of sp³-hybridized carbons (Fsp3) is 0.571. The second kappa shape index (κ2) is 9.08. The number of amides is 2. The van der Waals surface area contributed by atoms with Crippen LogP contribution in [0.2, 0.25) is 0 Å². The highest BCUT2D eigenvalue weighted by molar-refractivity contribution is 5.99. The van der Waals surface area contributed by atoms with Gasteiger partial charge in [-0.05, 0) is 59.1 Å². The zero-order valence-electron chi connectivity index (χ0n) is 17.3. The van der Waals surface area contributed by atoms with Crippen LogP contribution in [-0.4, -0.2) is 42.3 Å². The second-order valence-corrected chi connectivity index (χ2v) is 8.05. The van der Waals surface area contributed by atoms with E-state index in [1.165, 1.54) is 0 Å². The lowest BCUT2D eigenvalue weighted by Gasteiger charge is -2.26. The van der Waals surface area contributed by atoms with Gasteiger partial charge in [-0.3, -0.25) is 9.59 Å². The van der Waals surface area contributed by atoms with Gasteiger partial charge in [0.1, 0.15) is 5.60 Å². The first kappa shape index (κ1) is 21.7. The van der Waals surface area contributed by atoms with Crippen LogP contribution in [0.3, 0.4) is 0 Å². The number of anilines is 1. The highest BCUT2D eigenvalue weighted by Gasteiger charge is 2.34. The predicted molar refractivity (Wildman–Crippen MR) is 106 cm³/mol. The zero-order valence-corrected chi connectivity index (χ0v) is 17.3. The van der Waals surface area contributed by atoms with Crippen molar-refractivity contribution in [2.75, 3.05) is 11.4 Å². The first-order valence-corrected chi connectivity index (χ1v) is 9.66. The quantitative estimate of drug-likeness (QED) is 0.596. The van der Waals surface area contributed by atoms with E-state index in [0.29, 0.717) is 13.0 Å². The van der Waals surface area contributed by atoms with E-state index in [1.807, 2.05) is 31.2 Å². The Hall–Kier alpha value is -2.57. The Kier molecular flexibility index (Phi) is 7.05. The van der Waals surface area contributed by atoms with E-state index in [4.69, 9.17) is 9.47 Å². The van der Waals surface area contributed by atoms with Gasteiger partial charge in [-0.25, -0.2) is 4.79 Å². The number of rotatable bonds is 6. The molecule has 28 heavy (non-hydrogen) atoms. The van der Waals surface area contributed by atoms with Gasteiger partial charge in [0.2, 0.25) is 0 Å². The maximum atomic E-state index is 12.8. The number of fused-ring (bicyclic) bond motifs is 1. The number of carbonyl (C=O) groups excluding carboxylic acids is 3. The summed E-state index contributed by atoms with van der Waals surface area (Å²) in [6.07, 6.45) is -0.0774. The van der Waals surface area contributed by atoms with Crippen molar-refractivity contribution < 1.29 is 23.9 Å². The van der Waals surface area contributed by atoms with Crippen LogP contribution in [0.15, 0.2) is 24.3 Å². The molecule has 1 aromatic carbocycles. The maximum absolute atomic E-state index is 12.8. The molecule has 2 amide bonds. The molecule has 2 atom stereocenters. The molecule has 1 heterocycles. The van der Waals surface area contributed by atoms with Gasteiger partial charge in [0.15, 0.2) is 6.10 Å². The third-order valence-electron chi connectivity index (χ3n) is 4.33. The molecule has 0 bridgehead atoms. The van der Waals surface area contributed by atoms with Crippen molar-refractivity contribution in [1.82, 2.24) is 5.32 Å². The number of esters is 1. The van der Waals surface area contributed by atoms with Crippen LogP contribution in [0, 0.1) is 0 Å². The van der Waals surface area contributed by atoms with Crippen LogP contribution in [-0.2, 0) is 25.5 Å². The maximum Gasteiger partial charge on any atom is 0.407 e. The van der Waals surface area contributed by atoms with Crippen molar-refractivity contribution in [2.24, 2.45) is 0 Å². The smallest absolute Gasteiger partial charge is 0.407 e. The minimum atomic E-state index is -0.861. The highest BCUT2D eigenvalue weighted by atomic mass is 16.6. The number of ether oxygens (including phenoxy) is 2. The van der Waals surface area contributed by atoms with Gasteiger partial charge in [0.05, 0.1) is 0 Å². The zero-order chi connectivity index (χ0) is 20.9. The number of hydrogen-bond acceptors (Lipinski definition) is 5. The summed E-state index contributed by atoms with van der Waals surface area (Å²) < 4.78 is 10.4. The number of para-hydroxylation sites is 1. The van der Waals surface area contributed by atoms with Crippen molar-refractivity contribution in [2.45, 2.75) is 71.6 Å². The number of benzene rings is 1. The molecule has 0 saturated heterocycles. The molecule has 0 radical (unpaired) electrons. The molecule has 0 aliphatic carbocycles. The van der Waals surface area contributed by atoms with Crippen LogP contribution in [0.5, 0.6) is 0 Å². The third-order valence-corrected chi connectivity index (χ3v) is 4.33. The molecule has 7 heteroatoms. The van der Waals surface area contributed by atoms with Gasteiger partial charge in [-0.1, -0.05) is 18.2 Å². The van der Waals surface area contributed by atoms with Gasteiger partial charge in [0, 0.05) is 24.7 Å². The third kappa shape index (κ3) is 5.97. The molecule has 154 valence electrons. The molecule has 7 nitrogen and oxygen atoms in total. The molecule has 2 rings (SSSR count). The molecule has 0 spiro atoms. The molecule has 0 unspecified atom stereocenters. The Labute approximate surface area is 166 Å². The van der Waals surface area contributed by atoms with Crippen LogP contribution in [0.25, 0.3) is 0 Å². The van der Waals surface area contributed by atoms with Crippen molar-refractivity contribution in [3.8, 4) is 0 Å². The average molecular weight is 390 g/mol. The van der Waals surface area contributed by atoms with Crippen LogP contribution in [0.4, 0.5) is 10.5 Å². The van der Waals surface area contributed by atoms with Crippen molar-refractivity contribution in [3.05, 3.63) is 29.8 Å². The van der Waals surface area contributed by atoms with E-state index in [9.17, 15) is 14.4 Å². The van der Waals surface area contributed by atoms with E-state index in [1.54, 1.807) is 32.6 Å². The topological polar surface area (TPSA) is 84.9 Å². The Morgan fingerprint density at radius 1 is 1.25 bits per heavy atom. The van der Waals surface area contributed by atoms with E-state index in [0.717, 1.165) is 17.7 Å². The van der Waals surface area contributed by atoms with Gasteiger partial charge in [-0.15, -0.1) is 0 Å². The second-order valence-electron chi connectivity index (χ2n) is 8.05. The summed E-state index contributed by atoms with van der Waals surface area (Å²) in [6.45, 7) is 9.20. The normalized spacial score (nSPS) is 16.9. The predicted octanol–water partition coefficient (Wildman–Crippen LogP) is 3.20. The Bertz CT molecular complexity index is 726. The molecule has 1 aromatic rings. The summed E-state index contributed by atoms with van der Waals surface area (Å²) >= 11 is 0. The lowest BCUT2D eigenvalue weighted by Crippen LogP contribution is -2.43. The van der Waals surface area contributed by atoms with E-state index < -0.39 is 23.8 Å². The summed E-state index contributed by atoms with van der Waals surface area (Å²) in [5, 5.41) is 2.59. The molecule has 0 fully saturated rings. The van der Waals surface area contributed by atoms with E-state index in [2.05, 4.69) is 5.32 Å². The lowest BCUT2D eigenvalue weighted by molar-refractivity contribution is -0.154. The van der Waals surface area contributed by atoms with E-state index in [-0.39, 0.29) is 18.4 Å². The fourth-order valence-corrected chi connectivity index (χ4v) is 3.14. The standard InChI is InChI=1S/C21H30N2O5/c1-14-13-16-9-6-7-10-17(16)23(14)19(25)15(2)27-18(24)11-8-12-22-20(26)28-21(3,4)5/h6-7,9-10,14-15H,8,11-13H2,1-5H3,(H,22,26)/t14-,15+/m0/s1. The molecule has 1 aliphatic rings. The number of nitrogens with one attached hydrogen (secondary N) is 1. The van der Waals surface area contributed by atoms with Gasteiger partial charge >= 0.3 is 12.1 Å². The monoisotopic (exact) mass is 390 g/mol. The van der Waals surface area contributed by atoms with Gasteiger partial charge in [0.25, 0.3) is 5.91 Å². The van der Waals surface area contributed by atoms with Gasteiger partial charge in [-0.2, -0.15) is 0 Å². The Balaban J connectivity index is 1.76. The van der Waals surface area contributed by atoms with Crippen LogP contribution < -0.4 is 10.2 Å². The molecular formula is C21H30N2O5. The number of carbonyl (C=O) groups is 3. The van der Waals surface area contributed by atoms with Crippen molar-refractivity contribution in [1.29, 1.82) is 0 Å². The first-order chi connectivity index (χ1) is 13.1. The molecule has 0 saturated carbocycles. The summed E-state index contributed by atoms with van der Waals surface area (Å²) in [4.78, 5) is 38.1. The molecule has 0 aromatic heterocycles. The summed E-state index contributed by atoms with van der Waals surface area (Å²) in [5.74, 6) is -0.690. The fourth-order valence-electron chi connectivity index (χ4n) is 3.14. The van der Waals surface area contributed by atoms with E-state index >= 15 is 0 Å². The Morgan fingerprint density at radius 2 is 1.93 bits per heavy atom. The van der Waals surface area contributed by atoms with Gasteiger partial charge < -0.3 is 19.7 Å².